The lowest BCUT2D eigenvalue weighted by molar-refractivity contribution is -0.140. The summed E-state index contributed by atoms with van der Waals surface area (Å²) in [5.41, 5.74) is 0.259. The molecule has 0 fully saturated rings. The van der Waals surface area contributed by atoms with E-state index in [4.69, 9.17) is 10.2 Å². The first-order valence-corrected chi connectivity index (χ1v) is 5.78. The zero-order valence-corrected chi connectivity index (χ0v) is 9.32. The van der Waals surface area contributed by atoms with E-state index in [1.165, 1.54) is 6.08 Å². The highest BCUT2D eigenvalue weighted by Crippen LogP contribution is 2.21. The largest absolute Gasteiger partial charge is 0.481 e. The van der Waals surface area contributed by atoms with Gasteiger partial charge in [-0.2, -0.15) is 0 Å². The van der Waals surface area contributed by atoms with Crippen molar-refractivity contribution in [2.75, 3.05) is 0 Å². The Morgan fingerprint density at radius 2 is 1.69 bits per heavy atom. The second kappa shape index (κ2) is 6.30. The first-order valence-electron chi connectivity index (χ1n) is 5.78. The molecule has 1 unspecified atom stereocenters. The minimum Gasteiger partial charge on any atom is -0.481 e. The van der Waals surface area contributed by atoms with Crippen molar-refractivity contribution in [2.45, 2.75) is 44.9 Å². The second-order valence-corrected chi connectivity index (χ2v) is 4.25. The van der Waals surface area contributed by atoms with Gasteiger partial charge in [0.25, 0.3) is 0 Å². The Hall–Kier alpha value is -1.32. The molecular weight excluding hydrogens is 208 g/mol. The fourth-order valence-corrected chi connectivity index (χ4v) is 1.99. The molecule has 0 aliphatic heterocycles. The van der Waals surface area contributed by atoms with Crippen LogP contribution in [-0.2, 0) is 9.59 Å². The summed E-state index contributed by atoms with van der Waals surface area (Å²) < 4.78 is 0. The number of carboxylic acid groups (broad SMARTS) is 2. The number of hydrogen-bond donors (Lipinski definition) is 2. The molecule has 16 heavy (non-hydrogen) atoms. The molecule has 0 aromatic carbocycles. The van der Waals surface area contributed by atoms with E-state index in [9.17, 15) is 9.59 Å². The average Bonchev–Trinajstić information content (AvgIpc) is 2.24. The summed E-state index contributed by atoms with van der Waals surface area (Å²) in [6.07, 6.45) is 7.30. The molecule has 0 aromatic rings. The maximum atomic E-state index is 10.9. The van der Waals surface area contributed by atoms with Crippen molar-refractivity contribution in [3.05, 3.63) is 11.6 Å². The van der Waals surface area contributed by atoms with Crippen molar-refractivity contribution < 1.29 is 19.8 Å². The highest BCUT2D eigenvalue weighted by Gasteiger charge is 2.18. The third kappa shape index (κ3) is 4.04. The molecule has 0 bridgehead atoms. The Labute approximate surface area is 95.0 Å². The van der Waals surface area contributed by atoms with Gasteiger partial charge in [-0.05, 0) is 19.3 Å². The van der Waals surface area contributed by atoms with Gasteiger partial charge in [0.1, 0.15) is 0 Å². The summed E-state index contributed by atoms with van der Waals surface area (Å²) in [5.74, 6) is -2.53. The summed E-state index contributed by atoms with van der Waals surface area (Å²) in [5, 5.41) is 17.9. The first kappa shape index (κ1) is 12.7. The van der Waals surface area contributed by atoms with Gasteiger partial charge in [-0.3, -0.25) is 4.79 Å². The molecule has 0 radical (unpaired) electrons. The van der Waals surface area contributed by atoms with Crippen molar-refractivity contribution in [3.63, 3.8) is 0 Å². The van der Waals surface area contributed by atoms with Crippen LogP contribution < -0.4 is 0 Å². The van der Waals surface area contributed by atoms with Crippen molar-refractivity contribution in [1.29, 1.82) is 0 Å². The Kier molecular flexibility index (Phi) is 5.02. The van der Waals surface area contributed by atoms with Gasteiger partial charge in [-0.25, -0.2) is 4.79 Å². The Morgan fingerprint density at radius 3 is 2.31 bits per heavy atom. The van der Waals surface area contributed by atoms with E-state index >= 15 is 0 Å². The molecule has 0 saturated carbocycles. The molecule has 0 amide bonds. The van der Waals surface area contributed by atoms with Gasteiger partial charge in [0, 0.05) is 5.57 Å². The fourth-order valence-electron chi connectivity index (χ4n) is 1.99. The average molecular weight is 226 g/mol. The van der Waals surface area contributed by atoms with E-state index in [2.05, 4.69) is 0 Å². The number of rotatable bonds is 2. The summed E-state index contributed by atoms with van der Waals surface area (Å²) in [6.45, 7) is 0. The zero-order chi connectivity index (χ0) is 12.0. The molecule has 4 heteroatoms. The molecule has 1 aliphatic carbocycles. The number of carbonyl (C=O) groups is 2. The molecule has 2 N–H and O–H groups in total. The van der Waals surface area contributed by atoms with Gasteiger partial charge in [0.2, 0.25) is 0 Å². The third-order valence-corrected chi connectivity index (χ3v) is 2.96. The molecule has 0 aromatic heterocycles. The van der Waals surface area contributed by atoms with Crippen LogP contribution in [0.5, 0.6) is 0 Å². The van der Waals surface area contributed by atoms with Crippen LogP contribution in [0.3, 0.4) is 0 Å². The molecule has 1 rings (SSSR count). The lowest BCUT2D eigenvalue weighted by Crippen LogP contribution is -2.14. The minimum atomic E-state index is -0.980. The molecule has 1 aliphatic rings. The SMILES string of the molecule is O=C(O)C1=CC(C(=O)O)CCCCCCC1. The van der Waals surface area contributed by atoms with Gasteiger partial charge in [0.05, 0.1) is 5.92 Å². The van der Waals surface area contributed by atoms with Crippen LogP contribution in [0.15, 0.2) is 11.6 Å². The Balaban J connectivity index is 2.80. The van der Waals surface area contributed by atoms with Crippen molar-refractivity contribution in [1.82, 2.24) is 0 Å². The summed E-state index contributed by atoms with van der Waals surface area (Å²) in [4.78, 5) is 21.9. The maximum Gasteiger partial charge on any atom is 0.331 e. The van der Waals surface area contributed by atoms with Crippen LogP contribution >= 0.6 is 0 Å². The van der Waals surface area contributed by atoms with Gasteiger partial charge in [0.15, 0.2) is 0 Å². The highest BCUT2D eigenvalue weighted by molar-refractivity contribution is 5.87. The highest BCUT2D eigenvalue weighted by atomic mass is 16.4. The van der Waals surface area contributed by atoms with E-state index in [-0.39, 0.29) is 5.57 Å². The van der Waals surface area contributed by atoms with E-state index in [0.29, 0.717) is 12.8 Å². The van der Waals surface area contributed by atoms with Gasteiger partial charge in [-0.15, -0.1) is 0 Å². The molecule has 0 saturated heterocycles. The van der Waals surface area contributed by atoms with Crippen LogP contribution in [0, 0.1) is 5.92 Å². The fraction of sp³-hybridized carbons (Fsp3) is 0.667. The molecule has 0 heterocycles. The Bertz CT molecular complexity index is 293. The minimum absolute atomic E-state index is 0.259. The summed E-state index contributed by atoms with van der Waals surface area (Å²) >= 11 is 0. The van der Waals surface area contributed by atoms with Gasteiger partial charge < -0.3 is 10.2 Å². The van der Waals surface area contributed by atoms with Crippen LogP contribution in [0.1, 0.15) is 44.9 Å². The third-order valence-electron chi connectivity index (χ3n) is 2.96. The Morgan fingerprint density at radius 1 is 1.06 bits per heavy atom. The number of carboxylic acids is 2. The van der Waals surface area contributed by atoms with E-state index in [1.54, 1.807) is 0 Å². The lowest BCUT2D eigenvalue weighted by atomic mass is 9.93. The normalized spacial score (nSPS) is 23.2. The predicted octanol–water partition coefficient (Wildman–Crippen LogP) is 2.44. The first-order chi connectivity index (χ1) is 7.61. The van der Waals surface area contributed by atoms with E-state index in [1.807, 2.05) is 0 Å². The molecule has 1 atom stereocenters. The van der Waals surface area contributed by atoms with E-state index in [0.717, 1.165) is 32.1 Å². The van der Waals surface area contributed by atoms with E-state index < -0.39 is 17.9 Å². The zero-order valence-electron chi connectivity index (χ0n) is 9.32. The van der Waals surface area contributed by atoms with Gasteiger partial charge >= 0.3 is 11.9 Å². The summed E-state index contributed by atoms with van der Waals surface area (Å²) in [7, 11) is 0. The molecule has 0 spiro atoms. The van der Waals surface area contributed by atoms with Crippen LogP contribution in [0.25, 0.3) is 0 Å². The number of hydrogen-bond acceptors (Lipinski definition) is 2. The van der Waals surface area contributed by atoms with Gasteiger partial charge in [-0.1, -0.05) is 31.8 Å². The monoisotopic (exact) mass is 226 g/mol. The maximum absolute atomic E-state index is 10.9. The standard InChI is InChI=1S/C12H18O4/c13-11(14)9-6-4-2-1-3-5-7-10(8-9)12(15)16/h8-9H,1-7H2,(H,13,14)(H,15,16). The van der Waals surface area contributed by atoms with Crippen molar-refractivity contribution >= 4 is 11.9 Å². The lowest BCUT2D eigenvalue weighted by Gasteiger charge is -2.12. The summed E-state index contributed by atoms with van der Waals surface area (Å²) in [6, 6.07) is 0. The quantitative estimate of drug-likeness (QED) is 0.758. The van der Waals surface area contributed by atoms with Crippen molar-refractivity contribution in [3.8, 4) is 0 Å². The second-order valence-electron chi connectivity index (χ2n) is 4.25. The number of aliphatic carboxylic acids is 2. The smallest absolute Gasteiger partial charge is 0.331 e. The van der Waals surface area contributed by atoms with Crippen LogP contribution in [0.4, 0.5) is 0 Å². The predicted molar refractivity (Wildman–Crippen MR) is 59.2 cm³/mol. The topological polar surface area (TPSA) is 74.6 Å². The van der Waals surface area contributed by atoms with Crippen molar-refractivity contribution in [2.24, 2.45) is 5.92 Å². The van der Waals surface area contributed by atoms with Crippen LogP contribution in [-0.4, -0.2) is 22.2 Å². The molecule has 90 valence electrons. The molecular formula is C12H18O4. The van der Waals surface area contributed by atoms with Crippen LogP contribution in [0.2, 0.25) is 0 Å². The molecule has 4 nitrogen and oxygen atoms in total.